The van der Waals surface area contributed by atoms with E-state index in [-0.39, 0.29) is 0 Å². The lowest BCUT2D eigenvalue weighted by atomic mass is 9.67. The van der Waals surface area contributed by atoms with Gasteiger partial charge in [0.1, 0.15) is 0 Å². The highest BCUT2D eigenvalue weighted by Gasteiger charge is 2.39. The second-order valence-corrected chi connectivity index (χ2v) is 8.00. The van der Waals surface area contributed by atoms with Crippen LogP contribution in [-0.2, 0) is 0 Å². The van der Waals surface area contributed by atoms with Gasteiger partial charge in [-0.3, -0.25) is 0 Å². The summed E-state index contributed by atoms with van der Waals surface area (Å²) in [6.07, 6.45) is 5.39. The Balaban J connectivity index is 2.68. The molecule has 1 aliphatic carbocycles. The first-order chi connectivity index (χ1) is 9.29. The maximum Gasteiger partial charge on any atom is 0.0159 e. The molecule has 0 aliphatic heterocycles. The van der Waals surface area contributed by atoms with E-state index in [9.17, 15) is 0 Å². The Kier molecular flexibility index (Phi) is 7.00. The van der Waals surface area contributed by atoms with E-state index in [4.69, 9.17) is 0 Å². The van der Waals surface area contributed by atoms with Gasteiger partial charge in [0.25, 0.3) is 0 Å². The minimum atomic E-state index is 0.444. The molecule has 2 heteroatoms. The molecule has 3 unspecified atom stereocenters. The second kappa shape index (κ2) is 7.79. The molecule has 3 atom stereocenters. The fourth-order valence-electron chi connectivity index (χ4n) is 3.76. The van der Waals surface area contributed by atoms with Gasteiger partial charge in [-0.15, -0.1) is 0 Å². The predicted octanol–water partition coefficient (Wildman–Crippen LogP) is 4.16. The van der Waals surface area contributed by atoms with E-state index in [1.54, 1.807) is 0 Å². The molecular formula is C18H38N2. The van der Waals surface area contributed by atoms with Gasteiger partial charge in [-0.25, -0.2) is 0 Å². The van der Waals surface area contributed by atoms with Gasteiger partial charge in [0.2, 0.25) is 0 Å². The van der Waals surface area contributed by atoms with Crippen molar-refractivity contribution in [3.63, 3.8) is 0 Å². The molecule has 0 aromatic carbocycles. The van der Waals surface area contributed by atoms with Crippen LogP contribution in [0, 0.1) is 17.3 Å². The van der Waals surface area contributed by atoms with Crippen molar-refractivity contribution in [1.82, 2.24) is 10.2 Å². The van der Waals surface area contributed by atoms with Crippen LogP contribution in [0.5, 0.6) is 0 Å². The van der Waals surface area contributed by atoms with Gasteiger partial charge in [0.05, 0.1) is 0 Å². The van der Waals surface area contributed by atoms with Crippen LogP contribution in [0.25, 0.3) is 0 Å². The molecule has 120 valence electrons. The Morgan fingerprint density at radius 1 is 1.25 bits per heavy atom. The molecule has 0 heterocycles. The first-order valence-electron chi connectivity index (χ1n) is 8.73. The number of nitrogens with zero attached hydrogens (tertiary/aromatic N) is 1. The summed E-state index contributed by atoms with van der Waals surface area (Å²) < 4.78 is 0. The van der Waals surface area contributed by atoms with Crippen LogP contribution in [-0.4, -0.2) is 37.1 Å². The van der Waals surface area contributed by atoms with Crippen molar-refractivity contribution in [1.29, 1.82) is 0 Å². The molecule has 20 heavy (non-hydrogen) atoms. The second-order valence-electron chi connectivity index (χ2n) is 8.00. The zero-order valence-electron chi connectivity index (χ0n) is 15.0. The maximum absolute atomic E-state index is 3.86. The van der Waals surface area contributed by atoms with E-state index in [1.165, 1.54) is 32.2 Å². The van der Waals surface area contributed by atoms with Gasteiger partial charge < -0.3 is 10.2 Å². The van der Waals surface area contributed by atoms with Crippen molar-refractivity contribution >= 4 is 0 Å². The van der Waals surface area contributed by atoms with E-state index in [2.05, 4.69) is 58.8 Å². The zero-order chi connectivity index (χ0) is 15.3. The summed E-state index contributed by atoms with van der Waals surface area (Å²) >= 11 is 0. The number of rotatable bonds is 7. The Labute approximate surface area is 127 Å². The van der Waals surface area contributed by atoms with Crippen molar-refractivity contribution in [3.8, 4) is 0 Å². The van der Waals surface area contributed by atoms with Crippen LogP contribution >= 0.6 is 0 Å². The topological polar surface area (TPSA) is 15.3 Å². The molecule has 0 amide bonds. The van der Waals surface area contributed by atoms with Crippen LogP contribution in [0.1, 0.15) is 67.2 Å². The van der Waals surface area contributed by atoms with Crippen LogP contribution in [0.2, 0.25) is 0 Å². The average molecular weight is 283 g/mol. The van der Waals surface area contributed by atoms with Crippen molar-refractivity contribution in [2.24, 2.45) is 17.3 Å². The average Bonchev–Trinajstić information content (AvgIpc) is 2.36. The monoisotopic (exact) mass is 282 g/mol. The first-order valence-corrected chi connectivity index (χ1v) is 8.73. The third-order valence-electron chi connectivity index (χ3n) is 5.51. The highest BCUT2D eigenvalue weighted by Crippen LogP contribution is 2.39. The molecule has 1 fully saturated rings. The zero-order valence-corrected chi connectivity index (χ0v) is 15.0. The lowest BCUT2D eigenvalue weighted by Crippen LogP contribution is -2.53. The van der Waals surface area contributed by atoms with E-state index >= 15 is 0 Å². The maximum atomic E-state index is 3.86. The third-order valence-corrected chi connectivity index (χ3v) is 5.51. The van der Waals surface area contributed by atoms with Crippen LogP contribution in [0.15, 0.2) is 0 Å². The molecule has 2 nitrogen and oxygen atoms in total. The van der Waals surface area contributed by atoms with Crippen molar-refractivity contribution in [2.45, 2.75) is 79.3 Å². The van der Waals surface area contributed by atoms with Gasteiger partial charge in [-0.1, -0.05) is 41.0 Å². The quantitative estimate of drug-likeness (QED) is 0.754. The Hall–Kier alpha value is -0.0800. The summed E-state index contributed by atoms with van der Waals surface area (Å²) in [5.74, 6) is 1.54. The molecule has 1 N–H and O–H groups in total. The largest absolute Gasteiger partial charge is 0.313 e. The fourth-order valence-corrected chi connectivity index (χ4v) is 3.76. The van der Waals surface area contributed by atoms with Crippen molar-refractivity contribution in [3.05, 3.63) is 0 Å². The Bertz CT molecular complexity index is 273. The minimum absolute atomic E-state index is 0.444. The number of nitrogens with one attached hydrogen (secondary N) is 1. The third kappa shape index (κ3) is 4.73. The summed E-state index contributed by atoms with van der Waals surface area (Å²) in [7, 11) is 2.31. The SMILES string of the molecule is CCCNC1C(CN(C)C(C)C(C)C)CCCC1(C)C. The fraction of sp³-hybridized carbons (Fsp3) is 1.00. The van der Waals surface area contributed by atoms with Crippen LogP contribution < -0.4 is 5.32 Å². The van der Waals surface area contributed by atoms with E-state index < -0.39 is 0 Å². The Morgan fingerprint density at radius 2 is 1.90 bits per heavy atom. The molecule has 1 saturated carbocycles. The molecule has 1 aliphatic rings. The summed E-state index contributed by atoms with van der Waals surface area (Å²) in [6.45, 7) is 16.6. The van der Waals surface area contributed by atoms with E-state index in [1.807, 2.05) is 0 Å². The standard InChI is InChI=1S/C18H38N2/c1-8-12-19-17-16(10-9-11-18(17,5)6)13-20(7)15(4)14(2)3/h14-17,19H,8-13H2,1-7H3. The molecule has 1 rings (SSSR count). The van der Waals surface area contributed by atoms with E-state index in [0.29, 0.717) is 17.5 Å². The van der Waals surface area contributed by atoms with Crippen molar-refractivity contribution in [2.75, 3.05) is 20.1 Å². The van der Waals surface area contributed by atoms with E-state index in [0.717, 1.165) is 18.4 Å². The minimum Gasteiger partial charge on any atom is -0.313 e. The lowest BCUT2D eigenvalue weighted by molar-refractivity contribution is 0.0698. The number of hydrogen-bond acceptors (Lipinski definition) is 2. The normalized spacial score (nSPS) is 28.1. The molecule has 0 saturated heterocycles. The van der Waals surface area contributed by atoms with Gasteiger partial charge in [0, 0.05) is 18.6 Å². The lowest BCUT2D eigenvalue weighted by Gasteiger charge is -2.46. The predicted molar refractivity (Wildman–Crippen MR) is 90.1 cm³/mol. The highest BCUT2D eigenvalue weighted by atomic mass is 15.1. The van der Waals surface area contributed by atoms with Crippen LogP contribution in [0.3, 0.4) is 0 Å². The summed E-state index contributed by atoms with van der Waals surface area (Å²) in [5, 5.41) is 3.86. The van der Waals surface area contributed by atoms with Crippen LogP contribution in [0.4, 0.5) is 0 Å². The summed E-state index contributed by atoms with van der Waals surface area (Å²) in [6, 6.07) is 1.35. The molecule has 0 bridgehead atoms. The molecule has 0 radical (unpaired) electrons. The number of hydrogen-bond donors (Lipinski definition) is 1. The summed E-state index contributed by atoms with van der Waals surface area (Å²) in [5.41, 5.74) is 0.444. The molecule has 0 aromatic rings. The summed E-state index contributed by atoms with van der Waals surface area (Å²) in [4.78, 5) is 2.58. The van der Waals surface area contributed by atoms with Gasteiger partial charge >= 0.3 is 0 Å². The highest BCUT2D eigenvalue weighted by molar-refractivity contribution is 4.94. The Morgan fingerprint density at radius 3 is 2.45 bits per heavy atom. The molecule has 0 aromatic heterocycles. The van der Waals surface area contributed by atoms with Gasteiger partial charge in [-0.05, 0) is 57.0 Å². The smallest absolute Gasteiger partial charge is 0.0159 e. The molecule has 0 spiro atoms. The van der Waals surface area contributed by atoms with Crippen molar-refractivity contribution < 1.29 is 0 Å². The first kappa shape index (κ1) is 18.0. The van der Waals surface area contributed by atoms with Gasteiger partial charge in [0.15, 0.2) is 0 Å². The molecular weight excluding hydrogens is 244 g/mol. The van der Waals surface area contributed by atoms with Gasteiger partial charge in [-0.2, -0.15) is 0 Å².